The van der Waals surface area contributed by atoms with E-state index in [1.54, 1.807) is 7.11 Å². The summed E-state index contributed by atoms with van der Waals surface area (Å²) in [6.07, 6.45) is 3.02. The minimum Gasteiger partial charge on any atom is -0.497 e. The number of para-hydroxylation sites is 2. The number of aromatic nitrogens is 2. The van der Waals surface area contributed by atoms with Crippen LogP contribution < -0.4 is 4.74 Å². The Labute approximate surface area is 190 Å². The molecule has 4 rings (SSSR count). The normalized spacial score (nSPS) is 16.9. The van der Waals surface area contributed by atoms with Crippen molar-refractivity contribution in [3.8, 4) is 5.75 Å². The van der Waals surface area contributed by atoms with Crippen molar-refractivity contribution in [3.05, 3.63) is 59.9 Å². The number of hydrogen-bond donors (Lipinski definition) is 0. The Morgan fingerprint density at radius 1 is 1.16 bits per heavy atom. The van der Waals surface area contributed by atoms with Crippen molar-refractivity contribution in [1.29, 1.82) is 0 Å². The summed E-state index contributed by atoms with van der Waals surface area (Å²) in [5, 5.41) is 0. The number of ether oxygens (including phenoxy) is 1. The average molecular weight is 435 g/mol. The summed E-state index contributed by atoms with van der Waals surface area (Å²) in [4.78, 5) is 22.1. The van der Waals surface area contributed by atoms with Gasteiger partial charge >= 0.3 is 0 Å². The van der Waals surface area contributed by atoms with E-state index in [1.165, 1.54) is 5.56 Å². The molecule has 0 unspecified atom stereocenters. The topological polar surface area (TPSA) is 50.6 Å². The molecule has 3 aromatic rings. The number of hydrogen-bond acceptors (Lipinski definition) is 4. The molecular formula is C26H34N4O2. The van der Waals surface area contributed by atoms with Gasteiger partial charge in [0.25, 0.3) is 0 Å². The third-order valence-electron chi connectivity index (χ3n) is 6.39. The number of likely N-dealkylation sites (tertiary alicyclic amines) is 1. The number of benzene rings is 2. The Balaban J connectivity index is 1.54. The van der Waals surface area contributed by atoms with Gasteiger partial charge in [0.05, 0.1) is 30.6 Å². The molecule has 0 spiro atoms. The van der Waals surface area contributed by atoms with Crippen LogP contribution in [0.1, 0.15) is 37.6 Å². The maximum atomic E-state index is 12.9. The lowest BCUT2D eigenvalue weighted by atomic mass is 9.96. The number of carbonyl (C=O) groups is 1. The molecule has 1 atom stereocenters. The molecule has 6 nitrogen and oxygen atoms in total. The van der Waals surface area contributed by atoms with Crippen molar-refractivity contribution < 1.29 is 9.53 Å². The zero-order valence-electron chi connectivity index (χ0n) is 19.5. The fourth-order valence-corrected chi connectivity index (χ4v) is 4.69. The molecule has 0 aliphatic carbocycles. The van der Waals surface area contributed by atoms with Crippen LogP contribution in [0.25, 0.3) is 11.0 Å². The molecule has 32 heavy (non-hydrogen) atoms. The Morgan fingerprint density at radius 2 is 1.94 bits per heavy atom. The van der Waals surface area contributed by atoms with E-state index in [9.17, 15) is 4.79 Å². The van der Waals surface area contributed by atoms with Crippen LogP contribution in [0.4, 0.5) is 0 Å². The maximum absolute atomic E-state index is 12.9. The first kappa shape index (κ1) is 22.3. The molecule has 2 aromatic carbocycles. The van der Waals surface area contributed by atoms with Crippen LogP contribution in [0.2, 0.25) is 0 Å². The maximum Gasteiger partial charge on any atom is 0.226 e. The Bertz CT molecular complexity index is 1040. The quantitative estimate of drug-likeness (QED) is 0.534. The number of amides is 1. The summed E-state index contributed by atoms with van der Waals surface area (Å²) in [7, 11) is 3.62. The molecule has 1 aromatic heterocycles. The zero-order chi connectivity index (χ0) is 22.5. The SMILES string of the molecule is CCCN(C)C(=O)[C@@H]1CCCN(Cc2nc3ccccc3n2Cc2ccc(OC)cc2)C1. The van der Waals surface area contributed by atoms with Crippen LogP contribution in [0.15, 0.2) is 48.5 Å². The number of fused-ring (bicyclic) bond motifs is 1. The molecule has 1 aliphatic rings. The summed E-state index contributed by atoms with van der Waals surface area (Å²) in [5.41, 5.74) is 3.37. The van der Waals surface area contributed by atoms with Gasteiger partial charge < -0.3 is 14.2 Å². The summed E-state index contributed by atoms with van der Waals surface area (Å²) in [5.74, 6) is 2.28. The summed E-state index contributed by atoms with van der Waals surface area (Å²) in [6.45, 7) is 6.27. The summed E-state index contributed by atoms with van der Waals surface area (Å²) >= 11 is 0. The molecule has 0 radical (unpaired) electrons. The summed E-state index contributed by atoms with van der Waals surface area (Å²) < 4.78 is 7.61. The van der Waals surface area contributed by atoms with E-state index in [1.807, 2.05) is 30.1 Å². The Hall–Kier alpha value is -2.86. The molecule has 6 heteroatoms. The lowest BCUT2D eigenvalue weighted by molar-refractivity contribution is -0.136. The largest absolute Gasteiger partial charge is 0.497 e. The number of piperidine rings is 1. The van der Waals surface area contributed by atoms with Crippen molar-refractivity contribution >= 4 is 16.9 Å². The standard InChI is InChI=1S/C26H34N4O2/c1-4-15-28(2)26(31)21-8-7-16-29(18-21)19-25-27-23-9-5-6-10-24(23)30(25)17-20-11-13-22(32-3)14-12-20/h5-6,9-14,21H,4,7-8,15-19H2,1-3H3/t21-/m1/s1. The van der Waals surface area contributed by atoms with Crippen LogP contribution in [-0.2, 0) is 17.9 Å². The highest BCUT2D eigenvalue weighted by Crippen LogP contribution is 2.24. The van der Waals surface area contributed by atoms with Gasteiger partial charge in [0.15, 0.2) is 0 Å². The first-order valence-corrected chi connectivity index (χ1v) is 11.6. The molecule has 170 valence electrons. The van der Waals surface area contributed by atoms with Crippen LogP contribution in [-0.4, -0.2) is 59.0 Å². The smallest absolute Gasteiger partial charge is 0.226 e. The number of carbonyl (C=O) groups excluding carboxylic acids is 1. The highest BCUT2D eigenvalue weighted by molar-refractivity contribution is 5.79. The fraction of sp³-hybridized carbons (Fsp3) is 0.462. The van der Waals surface area contributed by atoms with Crippen molar-refractivity contribution in [3.63, 3.8) is 0 Å². The van der Waals surface area contributed by atoms with E-state index in [2.05, 4.69) is 46.7 Å². The molecule has 0 N–H and O–H groups in total. The minimum atomic E-state index is 0.0831. The minimum absolute atomic E-state index is 0.0831. The first-order valence-electron chi connectivity index (χ1n) is 11.6. The number of imidazole rings is 1. The van der Waals surface area contributed by atoms with E-state index in [0.29, 0.717) is 0 Å². The van der Waals surface area contributed by atoms with Gasteiger partial charge in [-0.2, -0.15) is 0 Å². The fourth-order valence-electron chi connectivity index (χ4n) is 4.69. The second-order valence-electron chi connectivity index (χ2n) is 8.79. The predicted octanol–water partition coefficient (Wildman–Crippen LogP) is 4.17. The van der Waals surface area contributed by atoms with Gasteiger partial charge in [-0.3, -0.25) is 9.69 Å². The molecule has 1 saturated heterocycles. The van der Waals surface area contributed by atoms with E-state index < -0.39 is 0 Å². The van der Waals surface area contributed by atoms with Gasteiger partial charge in [-0.1, -0.05) is 31.2 Å². The Morgan fingerprint density at radius 3 is 2.69 bits per heavy atom. The first-order chi connectivity index (χ1) is 15.6. The van der Waals surface area contributed by atoms with Gasteiger partial charge in [-0.15, -0.1) is 0 Å². The average Bonchev–Trinajstić information content (AvgIpc) is 3.16. The van der Waals surface area contributed by atoms with Crippen LogP contribution in [0.3, 0.4) is 0 Å². The van der Waals surface area contributed by atoms with Crippen LogP contribution in [0.5, 0.6) is 5.75 Å². The van der Waals surface area contributed by atoms with E-state index in [-0.39, 0.29) is 11.8 Å². The van der Waals surface area contributed by atoms with Crippen LogP contribution in [0, 0.1) is 5.92 Å². The van der Waals surface area contributed by atoms with Gasteiger partial charge in [0.1, 0.15) is 11.6 Å². The van der Waals surface area contributed by atoms with Gasteiger partial charge in [0.2, 0.25) is 5.91 Å². The lowest BCUT2D eigenvalue weighted by Crippen LogP contribution is -2.43. The van der Waals surface area contributed by atoms with Gasteiger partial charge in [0, 0.05) is 26.7 Å². The third-order valence-corrected chi connectivity index (χ3v) is 6.39. The number of methoxy groups -OCH3 is 1. The molecule has 1 amide bonds. The Kier molecular flexibility index (Phi) is 7.10. The van der Waals surface area contributed by atoms with E-state index >= 15 is 0 Å². The highest BCUT2D eigenvalue weighted by atomic mass is 16.5. The second-order valence-corrected chi connectivity index (χ2v) is 8.79. The lowest BCUT2D eigenvalue weighted by Gasteiger charge is -2.33. The van der Waals surface area contributed by atoms with Crippen LogP contribution >= 0.6 is 0 Å². The molecular weight excluding hydrogens is 400 g/mol. The van der Waals surface area contributed by atoms with Crippen molar-refractivity contribution in [2.45, 2.75) is 39.3 Å². The molecule has 2 heterocycles. The zero-order valence-corrected chi connectivity index (χ0v) is 19.5. The van der Waals surface area contributed by atoms with E-state index in [4.69, 9.17) is 9.72 Å². The monoisotopic (exact) mass is 434 g/mol. The van der Waals surface area contributed by atoms with Gasteiger partial charge in [-0.25, -0.2) is 4.98 Å². The molecule has 1 aliphatic heterocycles. The molecule has 1 fully saturated rings. The van der Waals surface area contributed by atoms with E-state index in [0.717, 1.165) is 74.6 Å². The van der Waals surface area contributed by atoms with Gasteiger partial charge in [-0.05, 0) is 55.6 Å². The number of nitrogens with zero attached hydrogens (tertiary/aromatic N) is 4. The third kappa shape index (κ3) is 4.96. The second kappa shape index (κ2) is 10.2. The van der Waals surface area contributed by atoms with Crippen molar-refractivity contribution in [2.24, 2.45) is 5.92 Å². The highest BCUT2D eigenvalue weighted by Gasteiger charge is 2.28. The van der Waals surface area contributed by atoms with Crippen molar-refractivity contribution in [1.82, 2.24) is 19.4 Å². The molecule has 0 bridgehead atoms. The molecule has 0 saturated carbocycles. The number of rotatable bonds is 8. The predicted molar refractivity (Wildman–Crippen MR) is 128 cm³/mol. The van der Waals surface area contributed by atoms with Crippen molar-refractivity contribution in [2.75, 3.05) is 33.8 Å². The summed E-state index contributed by atoms with van der Waals surface area (Å²) in [6, 6.07) is 16.5.